The lowest BCUT2D eigenvalue weighted by Crippen LogP contribution is -2.28. The summed E-state index contributed by atoms with van der Waals surface area (Å²) in [5, 5.41) is 2.66. The Hall–Kier alpha value is -4.33. The van der Waals surface area contributed by atoms with E-state index >= 15 is 0 Å². The first kappa shape index (κ1) is 25.8. The van der Waals surface area contributed by atoms with Crippen LogP contribution in [0.15, 0.2) is 89.7 Å². The first-order valence-corrected chi connectivity index (χ1v) is 12.2. The fraction of sp³-hybridized carbons (Fsp3) is 0.241. The molecule has 37 heavy (non-hydrogen) atoms. The Morgan fingerprint density at radius 1 is 1.30 bits per heavy atom. The lowest BCUT2D eigenvalue weighted by molar-refractivity contribution is -0.125. The number of nitrogens with two attached hydrogens (primary N) is 1. The van der Waals surface area contributed by atoms with Crippen LogP contribution in [0.5, 0.6) is 0 Å². The number of rotatable bonds is 7. The van der Waals surface area contributed by atoms with Crippen molar-refractivity contribution in [3.8, 4) is 0 Å². The number of pyridine rings is 1. The van der Waals surface area contributed by atoms with Gasteiger partial charge in [0.05, 0.1) is 6.34 Å². The summed E-state index contributed by atoms with van der Waals surface area (Å²) in [6.45, 7) is 7.08. The zero-order valence-corrected chi connectivity index (χ0v) is 20.7. The minimum absolute atomic E-state index is 0.0532. The van der Waals surface area contributed by atoms with Gasteiger partial charge in [-0.3, -0.25) is 14.6 Å². The number of carbonyl (C=O) groups excluding carboxylic acids is 2. The molecule has 2 amide bonds. The summed E-state index contributed by atoms with van der Waals surface area (Å²) in [5.41, 5.74) is 10.1. The Bertz CT molecular complexity index is 1310. The molecule has 1 aliphatic heterocycles. The van der Waals surface area contributed by atoms with Crippen LogP contribution in [0.1, 0.15) is 35.8 Å². The van der Waals surface area contributed by atoms with E-state index in [0.717, 1.165) is 29.6 Å². The van der Waals surface area contributed by atoms with E-state index < -0.39 is 11.7 Å². The Morgan fingerprint density at radius 3 is 2.81 bits per heavy atom. The maximum absolute atomic E-state index is 13.4. The van der Waals surface area contributed by atoms with Crippen LogP contribution in [-0.4, -0.2) is 41.1 Å². The number of carbonyl (C=O) groups is 2. The monoisotopic (exact) mass is 499 g/mol. The van der Waals surface area contributed by atoms with Gasteiger partial charge in [-0.05, 0) is 60.4 Å². The number of likely N-dealkylation sites (tertiary alicyclic amines) is 1. The number of hydrogen-bond acceptors (Lipinski definition) is 4. The number of nitrogens with zero attached hydrogens (tertiary/aromatic N) is 3. The molecule has 0 saturated carbocycles. The van der Waals surface area contributed by atoms with Gasteiger partial charge in [0, 0.05) is 48.6 Å². The molecule has 0 bridgehead atoms. The van der Waals surface area contributed by atoms with E-state index in [2.05, 4.69) is 40.9 Å². The Kier molecular flexibility index (Phi) is 8.08. The van der Waals surface area contributed by atoms with Gasteiger partial charge < -0.3 is 16.0 Å². The molecule has 0 spiro atoms. The Morgan fingerprint density at radius 2 is 2.14 bits per heavy atom. The molecule has 7 nitrogen and oxygen atoms in total. The van der Waals surface area contributed by atoms with Crippen LogP contribution in [0.2, 0.25) is 0 Å². The molecular formula is C29H30FN5O2. The number of amides is 2. The summed E-state index contributed by atoms with van der Waals surface area (Å²) in [5.74, 6) is -0.539. The third-order valence-electron chi connectivity index (χ3n) is 6.72. The number of aliphatic imine (C=N–C) groups is 1. The molecule has 1 aromatic carbocycles. The quantitative estimate of drug-likeness (QED) is 0.327. The third kappa shape index (κ3) is 5.91. The van der Waals surface area contributed by atoms with Gasteiger partial charge in [0.1, 0.15) is 11.5 Å². The Labute approximate surface area is 216 Å². The standard InChI is InChI=1S/C29H30FN5O2/c1-3-25-22(15-32-18-31)12-21(13-26(25)20-10-11-35(17-20)28(36)4-2)19-8-9-27(33-16-19)29(37)34-24-7-5-6-23(30)14-24/h4-9,12-16,18,20,25H,2-3,10-11,17H2,1H3,(H2,31,32)(H,34,37)/b22-15-/t20-,25?/m1/s1. The highest BCUT2D eigenvalue weighted by Crippen LogP contribution is 2.41. The smallest absolute Gasteiger partial charge is 0.274 e. The van der Waals surface area contributed by atoms with Gasteiger partial charge in [0.15, 0.2) is 0 Å². The van der Waals surface area contributed by atoms with Crippen LogP contribution in [0.4, 0.5) is 10.1 Å². The lowest BCUT2D eigenvalue weighted by atomic mass is 9.76. The first-order valence-electron chi connectivity index (χ1n) is 12.2. The normalized spacial score (nSPS) is 20.6. The van der Waals surface area contributed by atoms with Crippen molar-refractivity contribution in [3.05, 3.63) is 102 Å². The highest BCUT2D eigenvalue weighted by atomic mass is 19.1. The summed E-state index contributed by atoms with van der Waals surface area (Å²) < 4.78 is 13.4. The highest BCUT2D eigenvalue weighted by Gasteiger charge is 2.33. The molecule has 1 aromatic heterocycles. The minimum Gasteiger partial charge on any atom is -0.390 e. The van der Waals surface area contributed by atoms with Crippen LogP contribution < -0.4 is 11.1 Å². The molecule has 2 aliphatic rings. The fourth-order valence-electron chi connectivity index (χ4n) is 4.91. The summed E-state index contributed by atoms with van der Waals surface area (Å²) in [6.07, 6.45) is 12.0. The van der Waals surface area contributed by atoms with Crippen LogP contribution in [-0.2, 0) is 4.79 Å². The first-order chi connectivity index (χ1) is 17.9. The SMILES string of the molecule is C=CC(=O)N1CC[C@@H](C2=CC(c3ccc(C(=O)Nc4cccc(F)c4)nc3)=C/C(=C/N=CN)C2CC)C1. The molecular weight excluding hydrogens is 469 g/mol. The summed E-state index contributed by atoms with van der Waals surface area (Å²) in [4.78, 5) is 35.1. The van der Waals surface area contributed by atoms with E-state index in [-0.39, 0.29) is 23.4 Å². The van der Waals surface area contributed by atoms with Gasteiger partial charge in [-0.15, -0.1) is 0 Å². The molecule has 2 atom stereocenters. The van der Waals surface area contributed by atoms with E-state index in [4.69, 9.17) is 5.73 Å². The second kappa shape index (κ2) is 11.6. The van der Waals surface area contributed by atoms with Crippen molar-refractivity contribution in [2.45, 2.75) is 19.8 Å². The van der Waals surface area contributed by atoms with E-state index in [1.54, 1.807) is 24.5 Å². The maximum Gasteiger partial charge on any atom is 0.274 e. The van der Waals surface area contributed by atoms with Gasteiger partial charge in [-0.1, -0.05) is 37.3 Å². The highest BCUT2D eigenvalue weighted by molar-refractivity contribution is 6.03. The summed E-state index contributed by atoms with van der Waals surface area (Å²) in [7, 11) is 0. The molecule has 0 radical (unpaired) electrons. The van der Waals surface area contributed by atoms with Crippen molar-refractivity contribution >= 4 is 29.4 Å². The van der Waals surface area contributed by atoms with Crippen molar-refractivity contribution in [3.63, 3.8) is 0 Å². The van der Waals surface area contributed by atoms with Gasteiger partial charge >= 0.3 is 0 Å². The van der Waals surface area contributed by atoms with Crippen LogP contribution in [0, 0.1) is 17.7 Å². The van der Waals surface area contributed by atoms with Crippen LogP contribution in [0.3, 0.4) is 0 Å². The van der Waals surface area contributed by atoms with E-state index in [0.29, 0.717) is 18.8 Å². The van der Waals surface area contributed by atoms with Crippen molar-refractivity contribution in [2.75, 3.05) is 18.4 Å². The predicted molar refractivity (Wildman–Crippen MR) is 144 cm³/mol. The third-order valence-corrected chi connectivity index (χ3v) is 6.72. The zero-order chi connectivity index (χ0) is 26.4. The molecule has 2 heterocycles. The summed E-state index contributed by atoms with van der Waals surface area (Å²) >= 11 is 0. The number of aromatic nitrogens is 1. The van der Waals surface area contributed by atoms with Crippen molar-refractivity contribution in [1.82, 2.24) is 9.88 Å². The number of benzene rings is 1. The van der Waals surface area contributed by atoms with Gasteiger partial charge in [0.25, 0.3) is 5.91 Å². The topological polar surface area (TPSA) is 101 Å². The zero-order valence-electron chi connectivity index (χ0n) is 20.7. The second-order valence-electron chi connectivity index (χ2n) is 9.00. The van der Waals surface area contributed by atoms with Gasteiger partial charge in [0.2, 0.25) is 5.91 Å². The molecule has 4 rings (SSSR count). The van der Waals surface area contributed by atoms with E-state index in [9.17, 15) is 14.0 Å². The fourth-order valence-corrected chi connectivity index (χ4v) is 4.91. The van der Waals surface area contributed by atoms with Crippen molar-refractivity contribution in [1.29, 1.82) is 0 Å². The van der Waals surface area contributed by atoms with Crippen molar-refractivity contribution in [2.24, 2.45) is 22.6 Å². The van der Waals surface area contributed by atoms with Crippen molar-refractivity contribution < 1.29 is 14.0 Å². The van der Waals surface area contributed by atoms with Gasteiger partial charge in [-0.2, -0.15) is 0 Å². The van der Waals surface area contributed by atoms with E-state index in [1.165, 1.54) is 36.2 Å². The second-order valence-corrected chi connectivity index (χ2v) is 9.00. The average molecular weight is 500 g/mol. The molecule has 1 saturated heterocycles. The molecule has 1 fully saturated rings. The van der Waals surface area contributed by atoms with Crippen LogP contribution in [0.25, 0.3) is 5.57 Å². The van der Waals surface area contributed by atoms with E-state index in [1.807, 2.05) is 11.0 Å². The van der Waals surface area contributed by atoms with Gasteiger partial charge in [-0.25, -0.2) is 9.38 Å². The predicted octanol–water partition coefficient (Wildman–Crippen LogP) is 4.73. The number of hydrogen-bond donors (Lipinski definition) is 2. The molecule has 1 unspecified atom stereocenters. The largest absolute Gasteiger partial charge is 0.390 e. The average Bonchev–Trinajstić information content (AvgIpc) is 3.41. The number of halogens is 1. The molecule has 2 aromatic rings. The summed E-state index contributed by atoms with van der Waals surface area (Å²) in [6, 6.07) is 9.19. The minimum atomic E-state index is -0.430. The number of anilines is 1. The molecule has 190 valence electrons. The molecule has 3 N–H and O–H groups in total. The molecule has 8 heteroatoms. The maximum atomic E-state index is 13.4. The van der Waals surface area contributed by atoms with Crippen LogP contribution >= 0.6 is 0 Å². The number of allylic oxidation sites excluding steroid dienone is 4. The lowest BCUT2D eigenvalue weighted by Gasteiger charge is -2.29. The molecule has 1 aliphatic carbocycles. The number of nitrogens with one attached hydrogen (secondary N) is 1. The Balaban J connectivity index is 1.61.